The van der Waals surface area contributed by atoms with E-state index in [0.717, 1.165) is 44.1 Å². The number of hydrogen-bond donors (Lipinski definition) is 1. The molecule has 0 amide bonds. The topological polar surface area (TPSA) is 51.0 Å². The van der Waals surface area contributed by atoms with Crippen LogP contribution in [0.1, 0.15) is 48.5 Å². The SMILES string of the molecule is CC1(c2nc(C3Cc4ccccc43)no2)CCNCC1. The Hall–Kier alpha value is -1.68. The maximum atomic E-state index is 5.59. The molecule has 4 nitrogen and oxygen atoms in total. The Morgan fingerprint density at radius 3 is 2.85 bits per heavy atom. The summed E-state index contributed by atoms with van der Waals surface area (Å²) in [7, 11) is 0. The van der Waals surface area contributed by atoms with Gasteiger partial charge < -0.3 is 9.84 Å². The smallest absolute Gasteiger partial charge is 0.232 e. The van der Waals surface area contributed by atoms with E-state index in [1.807, 2.05) is 0 Å². The van der Waals surface area contributed by atoms with Crippen molar-refractivity contribution in [1.82, 2.24) is 15.5 Å². The van der Waals surface area contributed by atoms with Gasteiger partial charge >= 0.3 is 0 Å². The minimum atomic E-state index is 0.0414. The van der Waals surface area contributed by atoms with Crippen LogP contribution in [-0.2, 0) is 11.8 Å². The molecule has 1 atom stereocenters. The second-order valence-electron chi connectivity index (χ2n) is 6.22. The Bertz CT molecular complexity index is 628. The van der Waals surface area contributed by atoms with Gasteiger partial charge in [0.1, 0.15) is 0 Å². The fourth-order valence-corrected chi connectivity index (χ4v) is 3.30. The molecule has 1 saturated heterocycles. The van der Waals surface area contributed by atoms with Gasteiger partial charge in [0.2, 0.25) is 5.89 Å². The second-order valence-corrected chi connectivity index (χ2v) is 6.22. The van der Waals surface area contributed by atoms with E-state index in [-0.39, 0.29) is 5.41 Å². The molecule has 2 heterocycles. The normalized spacial score (nSPS) is 23.9. The van der Waals surface area contributed by atoms with Crippen LogP contribution in [0.3, 0.4) is 0 Å². The monoisotopic (exact) mass is 269 g/mol. The number of nitrogens with zero attached hydrogens (tertiary/aromatic N) is 2. The first-order chi connectivity index (χ1) is 9.76. The molecule has 1 aromatic heterocycles. The highest BCUT2D eigenvalue weighted by atomic mass is 16.5. The molecule has 20 heavy (non-hydrogen) atoms. The number of nitrogens with one attached hydrogen (secondary N) is 1. The largest absolute Gasteiger partial charge is 0.339 e. The predicted molar refractivity (Wildman–Crippen MR) is 75.7 cm³/mol. The van der Waals surface area contributed by atoms with Crippen LogP contribution < -0.4 is 5.32 Å². The Balaban J connectivity index is 1.61. The first-order valence-corrected chi connectivity index (χ1v) is 7.39. The molecular formula is C16H19N3O. The van der Waals surface area contributed by atoms with Crippen molar-refractivity contribution in [3.63, 3.8) is 0 Å². The second kappa shape index (κ2) is 4.42. The zero-order valence-corrected chi connectivity index (χ0v) is 11.7. The molecule has 4 heteroatoms. The van der Waals surface area contributed by atoms with E-state index < -0.39 is 0 Å². The van der Waals surface area contributed by atoms with E-state index in [2.05, 4.69) is 41.7 Å². The summed E-state index contributed by atoms with van der Waals surface area (Å²) in [5.74, 6) is 2.01. The zero-order valence-electron chi connectivity index (χ0n) is 11.7. The zero-order chi connectivity index (χ0) is 13.6. The molecule has 104 valence electrons. The van der Waals surface area contributed by atoms with Crippen molar-refractivity contribution >= 4 is 0 Å². The maximum absolute atomic E-state index is 5.59. The third-order valence-corrected chi connectivity index (χ3v) is 4.83. The summed E-state index contributed by atoms with van der Waals surface area (Å²) in [6.45, 7) is 4.29. The van der Waals surface area contributed by atoms with Crippen LogP contribution in [0, 0.1) is 0 Å². The van der Waals surface area contributed by atoms with Gasteiger partial charge in [0, 0.05) is 5.41 Å². The van der Waals surface area contributed by atoms with Crippen LogP contribution in [0.2, 0.25) is 0 Å². The third kappa shape index (κ3) is 1.79. The molecule has 1 N–H and O–H groups in total. The molecule has 0 bridgehead atoms. The van der Waals surface area contributed by atoms with Gasteiger partial charge in [-0.1, -0.05) is 36.3 Å². The number of rotatable bonds is 2. The number of benzene rings is 1. The number of aromatic nitrogens is 2. The summed E-state index contributed by atoms with van der Waals surface area (Å²) in [4.78, 5) is 4.72. The van der Waals surface area contributed by atoms with Crippen LogP contribution in [0.5, 0.6) is 0 Å². The minimum Gasteiger partial charge on any atom is -0.339 e. The first-order valence-electron chi connectivity index (χ1n) is 7.39. The van der Waals surface area contributed by atoms with Crippen LogP contribution in [0.25, 0.3) is 0 Å². The molecular weight excluding hydrogens is 250 g/mol. The van der Waals surface area contributed by atoms with E-state index in [4.69, 9.17) is 9.51 Å². The predicted octanol–water partition coefficient (Wildman–Crippen LogP) is 2.40. The molecule has 0 spiro atoms. The van der Waals surface area contributed by atoms with E-state index in [1.54, 1.807) is 0 Å². The number of piperidine rings is 1. The summed E-state index contributed by atoms with van der Waals surface area (Å²) in [6.07, 6.45) is 3.17. The summed E-state index contributed by atoms with van der Waals surface area (Å²) in [5.41, 5.74) is 2.81. The molecule has 2 aliphatic rings. The van der Waals surface area contributed by atoms with Crippen molar-refractivity contribution in [2.45, 2.75) is 37.5 Å². The van der Waals surface area contributed by atoms with Gasteiger partial charge in [0.15, 0.2) is 5.82 Å². The van der Waals surface area contributed by atoms with Gasteiger partial charge in [-0.25, -0.2) is 0 Å². The van der Waals surface area contributed by atoms with Crippen molar-refractivity contribution in [1.29, 1.82) is 0 Å². The summed E-state index contributed by atoms with van der Waals surface area (Å²) < 4.78 is 5.59. The fraction of sp³-hybridized carbons (Fsp3) is 0.500. The van der Waals surface area contributed by atoms with Gasteiger partial charge in [-0.2, -0.15) is 4.98 Å². The minimum absolute atomic E-state index is 0.0414. The van der Waals surface area contributed by atoms with E-state index in [0.29, 0.717) is 5.92 Å². The lowest BCUT2D eigenvalue weighted by molar-refractivity contribution is 0.240. The molecule has 4 rings (SSSR count). The van der Waals surface area contributed by atoms with Crippen LogP contribution in [-0.4, -0.2) is 23.2 Å². The van der Waals surface area contributed by atoms with Gasteiger partial charge in [0.05, 0.1) is 5.92 Å². The van der Waals surface area contributed by atoms with Crippen molar-refractivity contribution in [2.24, 2.45) is 0 Å². The quantitative estimate of drug-likeness (QED) is 0.909. The Labute approximate surface area is 118 Å². The average molecular weight is 269 g/mol. The van der Waals surface area contributed by atoms with Crippen LogP contribution >= 0.6 is 0 Å². The van der Waals surface area contributed by atoms with Gasteiger partial charge in [-0.05, 0) is 43.5 Å². The molecule has 1 aliphatic carbocycles. The van der Waals surface area contributed by atoms with Crippen LogP contribution in [0.15, 0.2) is 28.8 Å². The standard InChI is InChI=1S/C16H19N3O/c1-16(6-8-17-9-7-16)15-18-14(19-20-15)13-10-11-4-2-3-5-12(11)13/h2-5,13,17H,6-10H2,1H3. The average Bonchev–Trinajstić information content (AvgIpc) is 2.91. The van der Waals surface area contributed by atoms with E-state index in [9.17, 15) is 0 Å². The fourth-order valence-electron chi connectivity index (χ4n) is 3.30. The van der Waals surface area contributed by atoms with Crippen molar-refractivity contribution < 1.29 is 4.52 Å². The lowest BCUT2D eigenvalue weighted by Crippen LogP contribution is -2.38. The lowest BCUT2D eigenvalue weighted by Gasteiger charge is -2.30. The number of hydrogen-bond acceptors (Lipinski definition) is 4. The summed E-state index contributed by atoms with van der Waals surface area (Å²) in [6, 6.07) is 8.53. The summed E-state index contributed by atoms with van der Waals surface area (Å²) >= 11 is 0. The Kier molecular flexibility index (Phi) is 2.67. The van der Waals surface area contributed by atoms with Gasteiger partial charge in [0.25, 0.3) is 0 Å². The summed E-state index contributed by atoms with van der Waals surface area (Å²) in [5, 5.41) is 7.64. The highest BCUT2D eigenvalue weighted by Gasteiger charge is 2.37. The van der Waals surface area contributed by atoms with Gasteiger partial charge in [-0.15, -0.1) is 0 Å². The van der Waals surface area contributed by atoms with Crippen molar-refractivity contribution in [2.75, 3.05) is 13.1 Å². The number of fused-ring (bicyclic) bond motifs is 1. The maximum Gasteiger partial charge on any atom is 0.232 e. The molecule has 2 aromatic rings. The molecule has 0 radical (unpaired) electrons. The molecule has 1 unspecified atom stereocenters. The first kappa shape index (κ1) is 12.1. The van der Waals surface area contributed by atoms with Crippen LogP contribution in [0.4, 0.5) is 0 Å². The Morgan fingerprint density at radius 2 is 2.05 bits per heavy atom. The van der Waals surface area contributed by atoms with Gasteiger partial charge in [-0.3, -0.25) is 0 Å². The highest BCUT2D eigenvalue weighted by Crippen LogP contribution is 2.40. The molecule has 1 fully saturated rings. The molecule has 0 saturated carbocycles. The van der Waals surface area contributed by atoms with Crippen molar-refractivity contribution in [3.8, 4) is 0 Å². The van der Waals surface area contributed by atoms with Crippen molar-refractivity contribution in [3.05, 3.63) is 47.1 Å². The lowest BCUT2D eigenvalue weighted by atomic mass is 9.77. The Morgan fingerprint density at radius 1 is 1.25 bits per heavy atom. The highest BCUT2D eigenvalue weighted by molar-refractivity contribution is 5.43. The third-order valence-electron chi connectivity index (χ3n) is 4.83. The van der Waals surface area contributed by atoms with E-state index >= 15 is 0 Å². The van der Waals surface area contributed by atoms with E-state index in [1.165, 1.54) is 11.1 Å². The molecule has 1 aromatic carbocycles. The molecule has 1 aliphatic heterocycles.